The molecule has 2 saturated heterocycles. The van der Waals surface area contributed by atoms with Crippen molar-refractivity contribution in [1.82, 2.24) is 4.90 Å². The van der Waals surface area contributed by atoms with Gasteiger partial charge in [0.05, 0.1) is 21.8 Å². The Hall–Kier alpha value is -2.65. The Morgan fingerprint density at radius 3 is 2.21 bits per heavy atom. The summed E-state index contributed by atoms with van der Waals surface area (Å²) in [5.41, 5.74) is 1.64. The number of carbonyl (C=O) groups excluding carboxylic acids is 1. The third kappa shape index (κ3) is 3.92. The summed E-state index contributed by atoms with van der Waals surface area (Å²) in [6.45, 7) is 0. The average molecular weight is 409 g/mol. The molecule has 2 unspecified atom stereocenters. The van der Waals surface area contributed by atoms with Gasteiger partial charge in [0.2, 0.25) is 5.91 Å². The lowest BCUT2D eigenvalue weighted by Gasteiger charge is -2.38. The van der Waals surface area contributed by atoms with Gasteiger partial charge < -0.3 is 4.90 Å². The highest BCUT2D eigenvalue weighted by molar-refractivity contribution is 7.92. The largest absolute Gasteiger partial charge is 0.337 e. The van der Waals surface area contributed by atoms with E-state index in [1.807, 2.05) is 23.1 Å². The molecule has 2 fully saturated rings. The molecule has 0 N–H and O–H groups in total. The first-order valence-corrected chi connectivity index (χ1v) is 11.6. The summed E-state index contributed by atoms with van der Waals surface area (Å²) in [6.07, 6.45) is 3.86. The number of hydrogen-bond donors (Lipinski definition) is 0. The first-order chi connectivity index (χ1) is 14.0. The van der Waals surface area contributed by atoms with Gasteiger partial charge in [-0.15, -0.1) is 0 Å². The van der Waals surface area contributed by atoms with Crippen LogP contribution in [-0.2, 0) is 21.1 Å². The highest BCUT2D eigenvalue weighted by Gasteiger charge is 2.46. The standard InChI is InChI=1S/C23H24N2O3S/c24-16-18-8-6-17(7-9-18)10-13-23(26)25-19-11-12-20(25)15-22(14-19)29(27,28)21-4-2-1-3-5-21/h1-9,19-20,22H,10-15H2. The van der Waals surface area contributed by atoms with Crippen molar-refractivity contribution in [2.24, 2.45) is 0 Å². The Morgan fingerprint density at radius 2 is 1.62 bits per heavy atom. The molecule has 2 atom stereocenters. The fraction of sp³-hybridized carbons (Fsp3) is 0.391. The predicted molar refractivity (Wildman–Crippen MR) is 110 cm³/mol. The van der Waals surface area contributed by atoms with Crippen LogP contribution in [0.2, 0.25) is 0 Å². The van der Waals surface area contributed by atoms with Crippen molar-refractivity contribution in [3.8, 4) is 6.07 Å². The summed E-state index contributed by atoms with van der Waals surface area (Å²) in [6, 6.07) is 18.1. The zero-order valence-corrected chi connectivity index (χ0v) is 17.0. The number of rotatable bonds is 5. The third-order valence-corrected chi connectivity index (χ3v) is 8.39. The second kappa shape index (κ2) is 8.00. The van der Waals surface area contributed by atoms with Crippen molar-refractivity contribution in [3.63, 3.8) is 0 Å². The van der Waals surface area contributed by atoms with Crippen molar-refractivity contribution < 1.29 is 13.2 Å². The number of hydrogen-bond acceptors (Lipinski definition) is 4. The lowest BCUT2D eigenvalue weighted by atomic mass is 10.0. The zero-order valence-electron chi connectivity index (χ0n) is 16.2. The van der Waals surface area contributed by atoms with Gasteiger partial charge in [-0.05, 0) is 61.9 Å². The minimum Gasteiger partial charge on any atom is -0.337 e. The van der Waals surface area contributed by atoms with E-state index in [1.54, 1.807) is 36.4 Å². The molecule has 5 nitrogen and oxygen atoms in total. The molecule has 0 radical (unpaired) electrons. The molecule has 1 amide bonds. The molecule has 2 aliphatic heterocycles. The highest BCUT2D eigenvalue weighted by atomic mass is 32.2. The smallest absolute Gasteiger partial charge is 0.223 e. The van der Waals surface area contributed by atoms with Crippen LogP contribution in [0.25, 0.3) is 0 Å². The molecular weight excluding hydrogens is 384 g/mol. The molecule has 2 bridgehead atoms. The zero-order chi connectivity index (χ0) is 20.4. The molecule has 29 heavy (non-hydrogen) atoms. The maximum atomic E-state index is 13.0. The van der Waals surface area contributed by atoms with Crippen LogP contribution in [0.3, 0.4) is 0 Å². The molecule has 2 aromatic rings. The van der Waals surface area contributed by atoms with Gasteiger partial charge in [0.1, 0.15) is 0 Å². The van der Waals surface area contributed by atoms with E-state index in [-0.39, 0.29) is 18.0 Å². The van der Waals surface area contributed by atoms with E-state index in [4.69, 9.17) is 5.26 Å². The van der Waals surface area contributed by atoms with Crippen LogP contribution in [-0.4, -0.2) is 36.6 Å². The minimum atomic E-state index is -3.36. The Balaban J connectivity index is 1.41. The van der Waals surface area contributed by atoms with Crippen LogP contribution in [0, 0.1) is 11.3 Å². The quantitative estimate of drug-likeness (QED) is 0.759. The maximum Gasteiger partial charge on any atom is 0.223 e. The second-order valence-electron chi connectivity index (χ2n) is 7.95. The van der Waals surface area contributed by atoms with Gasteiger partial charge in [0, 0.05) is 18.5 Å². The number of carbonyl (C=O) groups is 1. The summed E-state index contributed by atoms with van der Waals surface area (Å²) in [5.74, 6) is 0.109. The fourth-order valence-corrected chi connectivity index (χ4v) is 6.59. The molecule has 0 spiro atoms. The number of amides is 1. The van der Waals surface area contributed by atoms with Crippen molar-refractivity contribution in [1.29, 1.82) is 5.26 Å². The number of nitriles is 1. The first-order valence-electron chi connectivity index (χ1n) is 10.1. The molecule has 4 rings (SSSR count). The van der Waals surface area contributed by atoms with E-state index in [2.05, 4.69) is 6.07 Å². The van der Waals surface area contributed by atoms with Crippen LogP contribution < -0.4 is 0 Å². The van der Waals surface area contributed by atoms with E-state index in [1.165, 1.54) is 0 Å². The van der Waals surface area contributed by atoms with Crippen molar-refractivity contribution >= 4 is 15.7 Å². The van der Waals surface area contributed by atoms with Crippen molar-refractivity contribution in [3.05, 3.63) is 65.7 Å². The Labute approximate surface area is 171 Å². The SMILES string of the molecule is N#Cc1ccc(CCC(=O)N2C3CCC2CC(S(=O)(=O)c2ccccc2)C3)cc1. The summed E-state index contributed by atoms with van der Waals surface area (Å²) in [7, 11) is -3.36. The monoisotopic (exact) mass is 408 g/mol. The Kier molecular flexibility index (Phi) is 5.42. The number of piperidine rings is 1. The van der Waals surface area contributed by atoms with Gasteiger partial charge in [-0.3, -0.25) is 4.79 Å². The van der Waals surface area contributed by atoms with Crippen LogP contribution >= 0.6 is 0 Å². The molecule has 2 heterocycles. The summed E-state index contributed by atoms with van der Waals surface area (Å²) >= 11 is 0. The molecule has 0 saturated carbocycles. The summed E-state index contributed by atoms with van der Waals surface area (Å²) in [5, 5.41) is 8.47. The van der Waals surface area contributed by atoms with E-state index in [0.29, 0.717) is 36.1 Å². The van der Waals surface area contributed by atoms with Gasteiger partial charge >= 0.3 is 0 Å². The lowest BCUT2D eigenvalue weighted by molar-refractivity contribution is -0.135. The molecule has 6 heteroatoms. The van der Waals surface area contributed by atoms with E-state index in [9.17, 15) is 13.2 Å². The highest BCUT2D eigenvalue weighted by Crippen LogP contribution is 2.40. The molecule has 150 valence electrons. The van der Waals surface area contributed by atoms with E-state index < -0.39 is 15.1 Å². The van der Waals surface area contributed by atoms with Crippen LogP contribution in [0.5, 0.6) is 0 Å². The third-order valence-electron chi connectivity index (χ3n) is 6.20. The molecule has 2 aliphatic rings. The molecule has 0 aromatic heterocycles. The van der Waals surface area contributed by atoms with E-state index >= 15 is 0 Å². The molecular formula is C23H24N2O3S. The lowest BCUT2D eigenvalue weighted by Crippen LogP contribution is -2.49. The Bertz CT molecular complexity index is 1010. The van der Waals surface area contributed by atoms with Gasteiger partial charge in [-0.2, -0.15) is 5.26 Å². The van der Waals surface area contributed by atoms with Gasteiger partial charge in [0.15, 0.2) is 9.84 Å². The predicted octanol–water partition coefficient (Wildman–Crippen LogP) is 3.49. The van der Waals surface area contributed by atoms with Crippen molar-refractivity contribution in [2.75, 3.05) is 0 Å². The van der Waals surface area contributed by atoms with Gasteiger partial charge in [-0.1, -0.05) is 30.3 Å². The normalized spacial score (nSPS) is 23.6. The number of benzene rings is 2. The number of sulfone groups is 1. The maximum absolute atomic E-state index is 13.0. The first kappa shape index (κ1) is 19.7. The topological polar surface area (TPSA) is 78.2 Å². The van der Waals surface area contributed by atoms with Crippen LogP contribution in [0.1, 0.15) is 43.2 Å². The van der Waals surface area contributed by atoms with Gasteiger partial charge in [0.25, 0.3) is 0 Å². The summed E-state index contributed by atoms with van der Waals surface area (Å²) in [4.78, 5) is 15.2. The molecule has 0 aliphatic carbocycles. The summed E-state index contributed by atoms with van der Waals surface area (Å²) < 4.78 is 26.0. The second-order valence-corrected chi connectivity index (χ2v) is 10.2. The average Bonchev–Trinajstić information content (AvgIpc) is 3.02. The number of nitrogens with zero attached hydrogens (tertiary/aromatic N) is 2. The van der Waals surface area contributed by atoms with Crippen LogP contribution in [0.15, 0.2) is 59.5 Å². The fourth-order valence-electron chi connectivity index (χ4n) is 4.72. The van der Waals surface area contributed by atoms with Crippen molar-refractivity contribution in [2.45, 2.75) is 60.8 Å². The molecule has 2 aromatic carbocycles. The number of fused-ring (bicyclic) bond motifs is 2. The minimum absolute atomic E-state index is 0.0192. The van der Waals surface area contributed by atoms with E-state index in [0.717, 1.165) is 18.4 Å². The Morgan fingerprint density at radius 1 is 1.00 bits per heavy atom. The van der Waals surface area contributed by atoms with Gasteiger partial charge in [-0.25, -0.2) is 8.42 Å². The van der Waals surface area contributed by atoms with Crippen LogP contribution in [0.4, 0.5) is 0 Å². The number of aryl methyl sites for hydroxylation is 1.